The van der Waals surface area contributed by atoms with Crippen molar-refractivity contribution in [3.63, 3.8) is 0 Å². The van der Waals surface area contributed by atoms with E-state index in [9.17, 15) is 10.1 Å². The number of hydrogen-bond acceptors (Lipinski definition) is 6. The van der Waals surface area contributed by atoms with Gasteiger partial charge in [-0.25, -0.2) is 4.98 Å². The zero-order valence-electron chi connectivity index (χ0n) is 14.5. The largest absolute Gasteiger partial charge is 0.372 e. The first-order chi connectivity index (χ1) is 13.2. The molecule has 27 heavy (non-hydrogen) atoms. The Bertz CT molecular complexity index is 1110. The van der Waals surface area contributed by atoms with Gasteiger partial charge >= 0.3 is 5.82 Å². The molecule has 0 unspecified atom stereocenters. The third-order valence-corrected chi connectivity index (χ3v) is 6.31. The maximum absolute atomic E-state index is 11.6. The molecule has 0 aliphatic carbocycles. The molecule has 4 aromatic rings. The molecule has 1 aromatic carbocycles. The van der Waals surface area contributed by atoms with Crippen molar-refractivity contribution in [1.82, 2.24) is 14.4 Å². The lowest BCUT2D eigenvalue weighted by Crippen LogP contribution is -2.33. The van der Waals surface area contributed by atoms with Crippen LogP contribution in [-0.4, -0.2) is 32.4 Å². The first-order valence-electron chi connectivity index (χ1n) is 8.92. The quantitative estimate of drug-likeness (QED) is 0.393. The third kappa shape index (κ3) is 2.73. The van der Waals surface area contributed by atoms with Crippen LogP contribution in [-0.2, 0) is 0 Å². The van der Waals surface area contributed by atoms with Crippen LogP contribution in [0.3, 0.4) is 0 Å². The minimum absolute atomic E-state index is 0.0454. The lowest BCUT2D eigenvalue weighted by molar-refractivity contribution is -0.389. The summed E-state index contributed by atoms with van der Waals surface area (Å²) in [6, 6.07) is 13.6. The van der Waals surface area contributed by atoms with Crippen LogP contribution in [0, 0.1) is 10.1 Å². The summed E-state index contributed by atoms with van der Waals surface area (Å²) in [6.45, 7) is 1.48. The number of piperidine rings is 1. The molecule has 1 saturated heterocycles. The van der Waals surface area contributed by atoms with Gasteiger partial charge in [-0.15, -0.1) is 11.3 Å². The van der Waals surface area contributed by atoms with Crippen molar-refractivity contribution in [2.75, 3.05) is 18.0 Å². The van der Waals surface area contributed by atoms with Crippen molar-refractivity contribution in [2.45, 2.75) is 18.8 Å². The molecular formula is C19H17N5O2S. The number of anilines is 1. The Morgan fingerprint density at radius 3 is 2.63 bits per heavy atom. The Morgan fingerprint density at radius 2 is 1.85 bits per heavy atom. The molecule has 136 valence electrons. The van der Waals surface area contributed by atoms with Gasteiger partial charge in [-0.05, 0) is 36.0 Å². The zero-order chi connectivity index (χ0) is 18.4. The molecule has 0 atom stereocenters. The molecule has 0 N–H and O–H groups in total. The van der Waals surface area contributed by atoms with Crippen LogP contribution < -0.4 is 4.90 Å². The average molecular weight is 379 g/mol. The summed E-state index contributed by atoms with van der Waals surface area (Å²) in [6.07, 6.45) is 3.54. The molecular weight excluding hydrogens is 362 g/mol. The number of nitrogens with zero attached hydrogens (tertiary/aromatic N) is 5. The fourth-order valence-corrected chi connectivity index (χ4v) is 4.89. The Hall–Kier alpha value is -3.00. The standard InChI is InChI=1S/C19H17N5O2S/c25-24(26)19-17(21-16-7-3-4-10-23(16)19)22-11-8-13(9-12-22)18-20-14-5-1-2-6-15(14)27-18/h1-7,10,13H,8-9,11-12H2. The molecule has 0 amide bonds. The van der Waals surface area contributed by atoms with Gasteiger partial charge < -0.3 is 15.0 Å². The van der Waals surface area contributed by atoms with E-state index in [1.165, 1.54) is 9.71 Å². The van der Waals surface area contributed by atoms with Crippen LogP contribution in [0.5, 0.6) is 0 Å². The van der Waals surface area contributed by atoms with Gasteiger partial charge in [-0.2, -0.15) is 9.38 Å². The van der Waals surface area contributed by atoms with Gasteiger partial charge in [0.15, 0.2) is 0 Å². The van der Waals surface area contributed by atoms with E-state index in [4.69, 9.17) is 4.98 Å². The summed E-state index contributed by atoms with van der Waals surface area (Å²) >= 11 is 1.76. The van der Waals surface area contributed by atoms with Gasteiger partial charge in [0, 0.05) is 25.1 Å². The van der Waals surface area contributed by atoms with Crippen LogP contribution >= 0.6 is 11.3 Å². The van der Waals surface area contributed by atoms with Crippen molar-refractivity contribution in [2.24, 2.45) is 0 Å². The number of benzene rings is 1. The van der Waals surface area contributed by atoms with Crippen LogP contribution in [0.1, 0.15) is 23.8 Å². The number of fused-ring (bicyclic) bond motifs is 2. The highest BCUT2D eigenvalue weighted by molar-refractivity contribution is 7.18. The Balaban J connectivity index is 1.41. The zero-order valence-corrected chi connectivity index (χ0v) is 15.3. The predicted octanol–water partition coefficient (Wildman–Crippen LogP) is 4.24. The maximum Gasteiger partial charge on any atom is 0.372 e. The van der Waals surface area contributed by atoms with Crippen molar-refractivity contribution in [3.8, 4) is 0 Å². The monoisotopic (exact) mass is 379 g/mol. The number of nitro groups is 1. The molecule has 0 radical (unpaired) electrons. The minimum Gasteiger partial charge on any atom is -0.358 e. The summed E-state index contributed by atoms with van der Waals surface area (Å²) in [7, 11) is 0. The molecule has 0 bridgehead atoms. The third-order valence-electron chi connectivity index (χ3n) is 5.11. The Morgan fingerprint density at radius 1 is 1.07 bits per heavy atom. The number of thiazole rings is 1. The van der Waals surface area contributed by atoms with E-state index in [0.29, 0.717) is 17.4 Å². The van der Waals surface area contributed by atoms with Crippen molar-refractivity contribution in [1.29, 1.82) is 0 Å². The van der Waals surface area contributed by atoms with E-state index in [2.05, 4.69) is 11.1 Å². The van der Waals surface area contributed by atoms with Crippen LogP contribution in [0.25, 0.3) is 15.9 Å². The second kappa shape index (κ2) is 6.31. The Labute approximate surface area is 159 Å². The van der Waals surface area contributed by atoms with Crippen LogP contribution in [0.4, 0.5) is 11.6 Å². The van der Waals surface area contributed by atoms with Crippen molar-refractivity contribution in [3.05, 3.63) is 63.8 Å². The van der Waals surface area contributed by atoms with Gasteiger partial charge in [0.05, 0.1) is 21.4 Å². The average Bonchev–Trinajstić information content (AvgIpc) is 3.29. The summed E-state index contributed by atoms with van der Waals surface area (Å²) in [5.41, 5.74) is 1.66. The smallest absolute Gasteiger partial charge is 0.358 e. The minimum atomic E-state index is -0.338. The van der Waals surface area contributed by atoms with Gasteiger partial charge in [0.25, 0.3) is 0 Å². The highest BCUT2D eigenvalue weighted by Crippen LogP contribution is 2.37. The number of aromatic nitrogens is 3. The van der Waals surface area contributed by atoms with E-state index < -0.39 is 0 Å². The number of rotatable bonds is 3. The fourth-order valence-electron chi connectivity index (χ4n) is 3.76. The molecule has 5 rings (SSSR count). The SMILES string of the molecule is O=[N+]([O-])c1c(N2CCC(c3nc4ccccc4s3)CC2)nc2ccccn12. The molecule has 1 aliphatic rings. The molecule has 4 heterocycles. The van der Waals surface area contributed by atoms with Gasteiger partial charge in [-0.3, -0.25) is 0 Å². The summed E-state index contributed by atoms with van der Waals surface area (Å²) in [4.78, 5) is 22.6. The summed E-state index contributed by atoms with van der Waals surface area (Å²) < 4.78 is 2.76. The molecule has 1 aliphatic heterocycles. The number of imidazole rings is 1. The predicted molar refractivity (Wildman–Crippen MR) is 106 cm³/mol. The normalized spacial score (nSPS) is 15.6. The highest BCUT2D eigenvalue weighted by Gasteiger charge is 2.31. The van der Waals surface area contributed by atoms with E-state index in [0.717, 1.165) is 31.4 Å². The molecule has 0 saturated carbocycles. The van der Waals surface area contributed by atoms with Gasteiger partial charge in [0.1, 0.15) is 0 Å². The first-order valence-corrected chi connectivity index (χ1v) is 9.74. The topological polar surface area (TPSA) is 76.6 Å². The van der Waals surface area contributed by atoms with Crippen LogP contribution in [0.2, 0.25) is 0 Å². The first kappa shape index (κ1) is 16.2. The van der Waals surface area contributed by atoms with Crippen molar-refractivity contribution < 1.29 is 4.92 Å². The summed E-state index contributed by atoms with van der Waals surface area (Å²) in [5, 5.41) is 12.8. The van der Waals surface area contributed by atoms with Gasteiger partial charge in [0.2, 0.25) is 11.5 Å². The molecule has 8 heteroatoms. The number of hydrogen-bond donors (Lipinski definition) is 0. The lowest BCUT2D eigenvalue weighted by Gasteiger charge is -2.30. The van der Waals surface area contributed by atoms with Gasteiger partial charge in [-0.1, -0.05) is 18.2 Å². The second-order valence-corrected chi connectivity index (χ2v) is 7.79. The van der Waals surface area contributed by atoms with E-state index >= 15 is 0 Å². The van der Waals surface area contributed by atoms with Crippen LogP contribution in [0.15, 0.2) is 48.7 Å². The van der Waals surface area contributed by atoms with E-state index in [1.807, 2.05) is 29.2 Å². The molecule has 1 fully saturated rings. The van der Waals surface area contributed by atoms with E-state index in [-0.39, 0.29) is 10.7 Å². The number of para-hydroxylation sites is 1. The Kier molecular flexibility index (Phi) is 3.78. The van der Waals surface area contributed by atoms with E-state index in [1.54, 1.807) is 34.1 Å². The second-order valence-electron chi connectivity index (χ2n) is 6.73. The summed E-state index contributed by atoms with van der Waals surface area (Å²) in [5.74, 6) is 0.910. The number of pyridine rings is 1. The molecule has 0 spiro atoms. The fraction of sp³-hybridized carbons (Fsp3) is 0.263. The maximum atomic E-state index is 11.6. The molecule has 3 aromatic heterocycles. The highest BCUT2D eigenvalue weighted by atomic mass is 32.1. The lowest BCUT2D eigenvalue weighted by atomic mass is 9.97. The molecule has 7 nitrogen and oxygen atoms in total. The van der Waals surface area contributed by atoms with Crippen molar-refractivity contribution >= 4 is 38.8 Å².